The molecule has 25 heavy (non-hydrogen) atoms. The van der Waals surface area contributed by atoms with Crippen LogP contribution in [0.4, 0.5) is 5.69 Å². The Hall–Kier alpha value is -1.93. The first-order valence-corrected chi connectivity index (χ1v) is 9.98. The smallest absolute Gasteiger partial charge is 0.243 e. The van der Waals surface area contributed by atoms with Gasteiger partial charge in [0, 0.05) is 31.7 Å². The molecular formula is C17H23N3O4S. The number of anilines is 1. The predicted octanol–water partition coefficient (Wildman–Crippen LogP) is 1.32. The number of nitrogens with one attached hydrogen (secondary N) is 2. The average molecular weight is 365 g/mol. The molecule has 7 nitrogen and oxygen atoms in total. The van der Waals surface area contributed by atoms with E-state index < -0.39 is 10.0 Å². The maximum Gasteiger partial charge on any atom is 0.243 e. The molecule has 1 aromatic rings. The third-order valence-electron chi connectivity index (χ3n) is 4.49. The number of sulfonamides is 1. The molecule has 0 bridgehead atoms. The molecule has 1 saturated carbocycles. The van der Waals surface area contributed by atoms with Crippen LogP contribution >= 0.6 is 0 Å². The van der Waals surface area contributed by atoms with Gasteiger partial charge < -0.3 is 10.6 Å². The van der Waals surface area contributed by atoms with Crippen molar-refractivity contribution < 1.29 is 18.0 Å². The van der Waals surface area contributed by atoms with Crippen molar-refractivity contribution in [2.75, 3.05) is 18.4 Å². The summed E-state index contributed by atoms with van der Waals surface area (Å²) < 4.78 is 27.1. The Bertz CT molecular complexity index is 757. The standard InChI is InChI=1S/C17H23N3O4S/c1-12(21)18-14-6-8-16(9-7-14)25(23,24)20-10-2-3-13(11-20)17(22)19-15-4-5-15/h6-9,13,15H,2-5,10-11H2,1H3,(H,18,21)(H,19,22)/t13-/m1/s1. The number of hydrogen-bond donors (Lipinski definition) is 2. The number of benzene rings is 1. The third-order valence-corrected chi connectivity index (χ3v) is 6.37. The molecule has 8 heteroatoms. The topological polar surface area (TPSA) is 95.6 Å². The zero-order valence-corrected chi connectivity index (χ0v) is 15.0. The Kier molecular flexibility index (Phi) is 5.10. The lowest BCUT2D eigenvalue weighted by atomic mass is 9.99. The highest BCUT2D eigenvalue weighted by Crippen LogP contribution is 2.26. The van der Waals surface area contributed by atoms with Crippen molar-refractivity contribution in [2.24, 2.45) is 5.92 Å². The van der Waals surface area contributed by atoms with E-state index >= 15 is 0 Å². The van der Waals surface area contributed by atoms with Crippen molar-refractivity contribution in [3.8, 4) is 0 Å². The van der Waals surface area contributed by atoms with Gasteiger partial charge in [0.2, 0.25) is 21.8 Å². The van der Waals surface area contributed by atoms with E-state index in [2.05, 4.69) is 10.6 Å². The van der Waals surface area contributed by atoms with Crippen LogP contribution in [0.5, 0.6) is 0 Å². The van der Waals surface area contributed by atoms with E-state index in [0.717, 1.165) is 12.8 Å². The van der Waals surface area contributed by atoms with Crippen LogP contribution in [0.25, 0.3) is 0 Å². The lowest BCUT2D eigenvalue weighted by Crippen LogP contribution is -2.45. The molecule has 0 radical (unpaired) electrons. The first kappa shape index (κ1) is 17.9. The summed E-state index contributed by atoms with van der Waals surface area (Å²) in [6, 6.07) is 6.37. The number of piperidine rings is 1. The molecule has 1 aliphatic heterocycles. The zero-order valence-electron chi connectivity index (χ0n) is 14.2. The van der Waals surface area contributed by atoms with Gasteiger partial charge in [-0.15, -0.1) is 0 Å². The number of carbonyl (C=O) groups is 2. The van der Waals surface area contributed by atoms with Crippen LogP contribution < -0.4 is 10.6 Å². The SMILES string of the molecule is CC(=O)Nc1ccc(S(=O)(=O)N2CCC[C@@H](C(=O)NC3CC3)C2)cc1. The minimum absolute atomic E-state index is 0.0385. The molecule has 2 amide bonds. The van der Waals surface area contributed by atoms with Gasteiger partial charge in [-0.2, -0.15) is 4.31 Å². The van der Waals surface area contributed by atoms with E-state index in [1.165, 1.54) is 23.4 Å². The van der Waals surface area contributed by atoms with Gasteiger partial charge in [0.1, 0.15) is 0 Å². The molecule has 1 saturated heterocycles. The number of hydrogen-bond acceptors (Lipinski definition) is 4. The maximum atomic E-state index is 12.8. The lowest BCUT2D eigenvalue weighted by Gasteiger charge is -2.31. The van der Waals surface area contributed by atoms with Gasteiger partial charge in [-0.05, 0) is 49.9 Å². The quantitative estimate of drug-likeness (QED) is 0.823. The van der Waals surface area contributed by atoms with Crippen LogP contribution in [0.15, 0.2) is 29.2 Å². The molecular weight excluding hydrogens is 342 g/mol. The van der Waals surface area contributed by atoms with Gasteiger partial charge >= 0.3 is 0 Å². The molecule has 2 fully saturated rings. The summed E-state index contributed by atoms with van der Waals surface area (Å²) in [6.45, 7) is 2.03. The second-order valence-corrected chi connectivity index (χ2v) is 8.63. The lowest BCUT2D eigenvalue weighted by molar-refractivity contribution is -0.126. The molecule has 1 aromatic carbocycles. The first-order valence-electron chi connectivity index (χ1n) is 8.54. The van der Waals surface area contributed by atoms with Gasteiger partial charge in [-0.25, -0.2) is 8.42 Å². The largest absolute Gasteiger partial charge is 0.353 e. The maximum absolute atomic E-state index is 12.8. The fourth-order valence-corrected chi connectivity index (χ4v) is 4.51. The molecule has 0 aromatic heterocycles. The van der Waals surface area contributed by atoms with Crippen molar-refractivity contribution in [3.63, 3.8) is 0 Å². The van der Waals surface area contributed by atoms with Crippen molar-refractivity contribution in [3.05, 3.63) is 24.3 Å². The highest BCUT2D eigenvalue weighted by Gasteiger charge is 2.35. The molecule has 1 atom stereocenters. The summed E-state index contributed by atoms with van der Waals surface area (Å²) in [7, 11) is -3.65. The number of nitrogens with zero attached hydrogens (tertiary/aromatic N) is 1. The summed E-state index contributed by atoms with van der Waals surface area (Å²) >= 11 is 0. The van der Waals surface area contributed by atoms with Crippen LogP contribution in [-0.4, -0.2) is 43.7 Å². The van der Waals surface area contributed by atoms with Crippen LogP contribution in [0, 0.1) is 5.92 Å². The van der Waals surface area contributed by atoms with Crippen LogP contribution in [0.2, 0.25) is 0 Å². The number of carbonyl (C=O) groups excluding carboxylic acids is 2. The van der Waals surface area contributed by atoms with Crippen molar-refractivity contribution in [1.82, 2.24) is 9.62 Å². The molecule has 0 spiro atoms. The molecule has 3 rings (SSSR count). The van der Waals surface area contributed by atoms with Crippen LogP contribution in [0.1, 0.15) is 32.6 Å². The normalized spacial score (nSPS) is 21.6. The second kappa shape index (κ2) is 7.13. The van der Waals surface area contributed by atoms with Gasteiger partial charge in [0.15, 0.2) is 0 Å². The summed E-state index contributed by atoms with van der Waals surface area (Å²) in [6.07, 6.45) is 3.42. The summed E-state index contributed by atoms with van der Waals surface area (Å²) in [4.78, 5) is 23.5. The van der Waals surface area contributed by atoms with Gasteiger partial charge in [0.05, 0.1) is 10.8 Å². The highest BCUT2D eigenvalue weighted by molar-refractivity contribution is 7.89. The van der Waals surface area contributed by atoms with E-state index in [1.54, 1.807) is 12.1 Å². The van der Waals surface area contributed by atoms with Gasteiger partial charge in [-0.3, -0.25) is 9.59 Å². The minimum Gasteiger partial charge on any atom is -0.353 e. The average Bonchev–Trinajstić information content (AvgIpc) is 3.39. The number of amides is 2. The Morgan fingerprint density at radius 1 is 1.12 bits per heavy atom. The minimum atomic E-state index is -3.65. The van der Waals surface area contributed by atoms with Crippen molar-refractivity contribution in [1.29, 1.82) is 0 Å². The highest BCUT2D eigenvalue weighted by atomic mass is 32.2. The molecule has 1 aliphatic carbocycles. The molecule has 2 N–H and O–H groups in total. The molecule has 0 unspecified atom stereocenters. The fraction of sp³-hybridized carbons (Fsp3) is 0.529. The zero-order chi connectivity index (χ0) is 18.0. The van der Waals surface area contributed by atoms with E-state index in [0.29, 0.717) is 25.1 Å². The number of rotatable bonds is 5. The van der Waals surface area contributed by atoms with Crippen molar-refractivity contribution in [2.45, 2.75) is 43.5 Å². The van der Waals surface area contributed by atoms with Crippen molar-refractivity contribution >= 4 is 27.5 Å². The monoisotopic (exact) mass is 365 g/mol. The van der Waals surface area contributed by atoms with Crippen LogP contribution in [0.3, 0.4) is 0 Å². The molecule has 136 valence electrons. The summed E-state index contributed by atoms with van der Waals surface area (Å²) in [5, 5.41) is 5.57. The Morgan fingerprint density at radius 2 is 1.80 bits per heavy atom. The molecule has 1 heterocycles. The van der Waals surface area contributed by atoms with Crippen LogP contribution in [-0.2, 0) is 19.6 Å². The first-order chi connectivity index (χ1) is 11.9. The Morgan fingerprint density at radius 3 is 2.40 bits per heavy atom. The Balaban J connectivity index is 1.69. The van der Waals surface area contributed by atoms with E-state index in [4.69, 9.17) is 0 Å². The van der Waals surface area contributed by atoms with E-state index in [9.17, 15) is 18.0 Å². The predicted molar refractivity (Wildman–Crippen MR) is 93.4 cm³/mol. The summed E-state index contributed by atoms with van der Waals surface area (Å²) in [5.41, 5.74) is 0.548. The summed E-state index contributed by atoms with van der Waals surface area (Å²) in [5.74, 6) is -0.540. The van der Waals surface area contributed by atoms with E-state index in [1.807, 2.05) is 0 Å². The Labute approximate surface area is 147 Å². The van der Waals surface area contributed by atoms with Gasteiger partial charge in [0.25, 0.3) is 0 Å². The fourth-order valence-electron chi connectivity index (χ4n) is 2.98. The second-order valence-electron chi connectivity index (χ2n) is 6.69. The molecule has 2 aliphatic rings. The van der Waals surface area contributed by atoms with E-state index in [-0.39, 0.29) is 35.2 Å². The third kappa shape index (κ3) is 4.38. The van der Waals surface area contributed by atoms with Gasteiger partial charge in [-0.1, -0.05) is 0 Å².